The summed E-state index contributed by atoms with van der Waals surface area (Å²) in [6, 6.07) is 6.24. The van der Waals surface area contributed by atoms with Gasteiger partial charge in [-0.2, -0.15) is 10.1 Å². The van der Waals surface area contributed by atoms with E-state index in [1.165, 1.54) is 25.7 Å². The molecule has 2 aromatic rings. The maximum Gasteiger partial charge on any atom is 0.251 e. The first-order valence-electron chi connectivity index (χ1n) is 11.9. The number of ether oxygens (including phenoxy) is 1. The fourth-order valence-corrected chi connectivity index (χ4v) is 4.97. The van der Waals surface area contributed by atoms with Gasteiger partial charge in [0, 0.05) is 49.6 Å². The first-order chi connectivity index (χ1) is 16.6. The highest BCUT2D eigenvalue weighted by Gasteiger charge is 2.36. The van der Waals surface area contributed by atoms with Crippen molar-refractivity contribution in [1.29, 1.82) is 0 Å². The van der Waals surface area contributed by atoms with Gasteiger partial charge in [-0.1, -0.05) is 19.8 Å². The molecule has 10 nitrogen and oxygen atoms in total. The van der Waals surface area contributed by atoms with Crippen LogP contribution >= 0.6 is 0 Å². The van der Waals surface area contributed by atoms with Crippen LogP contribution in [0.1, 0.15) is 54.9 Å². The van der Waals surface area contributed by atoms with Crippen LogP contribution in [-0.2, 0) is 11.3 Å². The second-order valence-electron chi connectivity index (χ2n) is 8.74. The molecule has 2 heterocycles. The van der Waals surface area contributed by atoms with Gasteiger partial charge in [-0.15, -0.1) is 0 Å². The monoisotopic (exact) mass is 466 g/mol. The normalized spacial score (nSPS) is 18.4. The summed E-state index contributed by atoms with van der Waals surface area (Å²) in [6.45, 7) is 3.36. The van der Waals surface area contributed by atoms with Crippen LogP contribution in [0.15, 0.2) is 29.5 Å². The molecule has 34 heavy (non-hydrogen) atoms. The number of methoxy groups -OCH3 is 1. The molecule has 0 saturated heterocycles. The molecule has 1 amide bonds. The second kappa shape index (κ2) is 10.7. The van der Waals surface area contributed by atoms with E-state index >= 15 is 0 Å². The first-order valence-corrected chi connectivity index (χ1v) is 11.9. The third-order valence-corrected chi connectivity index (χ3v) is 6.64. The van der Waals surface area contributed by atoms with Gasteiger partial charge < -0.3 is 31.0 Å². The number of anilines is 4. The topological polar surface area (TPSA) is 121 Å². The van der Waals surface area contributed by atoms with Crippen molar-refractivity contribution in [3.63, 3.8) is 0 Å². The van der Waals surface area contributed by atoms with E-state index in [9.17, 15) is 4.79 Å². The van der Waals surface area contributed by atoms with Gasteiger partial charge in [-0.05, 0) is 37.5 Å². The molecule has 1 aromatic heterocycles. The predicted octanol–water partition coefficient (Wildman–Crippen LogP) is 2.98. The minimum Gasteiger partial charge on any atom is -0.380 e. The molecule has 1 aromatic carbocycles. The molecule has 2 aliphatic rings. The Morgan fingerprint density at radius 3 is 2.82 bits per heavy atom. The van der Waals surface area contributed by atoms with E-state index in [1.807, 2.05) is 23.2 Å². The van der Waals surface area contributed by atoms with Gasteiger partial charge in [-0.3, -0.25) is 4.79 Å². The zero-order valence-corrected chi connectivity index (χ0v) is 20.1. The van der Waals surface area contributed by atoms with E-state index in [4.69, 9.17) is 15.6 Å². The summed E-state index contributed by atoms with van der Waals surface area (Å²) in [5.41, 5.74) is 3.12. The van der Waals surface area contributed by atoms with E-state index in [0.29, 0.717) is 30.2 Å². The Morgan fingerprint density at radius 2 is 2.15 bits per heavy atom. The number of aromatic nitrogens is 2. The van der Waals surface area contributed by atoms with Crippen molar-refractivity contribution in [2.24, 2.45) is 10.9 Å². The van der Waals surface area contributed by atoms with Gasteiger partial charge in [-0.25, -0.2) is 4.98 Å². The molecule has 1 saturated carbocycles. The molecule has 182 valence electrons. The van der Waals surface area contributed by atoms with E-state index < -0.39 is 0 Å². The first kappa shape index (κ1) is 23.7. The number of carbonyl (C=O) groups is 1. The smallest absolute Gasteiger partial charge is 0.251 e. The van der Waals surface area contributed by atoms with Crippen molar-refractivity contribution >= 4 is 35.4 Å². The van der Waals surface area contributed by atoms with Crippen molar-refractivity contribution in [2.75, 3.05) is 35.8 Å². The number of rotatable bonds is 8. The molecule has 4 N–H and O–H groups in total. The van der Waals surface area contributed by atoms with Crippen LogP contribution in [0.5, 0.6) is 0 Å². The van der Waals surface area contributed by atoms with Gasteiger partial charge in [0.1, 0.15) is 12.0 Å². The zero-order chi connectivity index (χ0) is 24.1. The highest BCUT2D eigenvalue weighted by Crippen LogP contribution is 2.39. The number of hydrazone groups is 1. The molecule has 0 radical (unpaired) electrons. The largest absolute Gasteiger partial charge is 0.380 e. The van der Waals surface area contributed by atoms with Gasteiger partial charge >= 0.3 is 0 Å². The maximum absolute atomic E-state index is 12.1. The number of fused-ring (bicyclic) bond motifs is 1. The number of carbonyl (C=O) groups excluding carboxylic acids is 1. The summed E-state index contributed by atoms with van der Waals surface area (Å²) < 4.78 is 5.37. The molecular formula is C24H34N8O2. The Bertz CT molecular complexity index is 1040. The lowest BCUT2D eigenvalue weighted by Crippen LogP contribution is -2.52. The van der Waals surface area contributed by atoms with Gasteiger partial charge in [0.2, 0.25) is 5.95 Å². The van der Waals surface area contributed by atoms with Crippen LogP contribution in [0, 0.1) is 0 Å². The Labute approximate surface area is 200 Å². The second-order valence-corrected chi connectivity index (χ2v) is 8.74. The van der Waals surface area contributed by atoms with Crippen molar-refractivity contribution in [1.82, 2.24) is 15.3 Å². The Hall–Kier alpha value is -3.40. The Morgan fingerprint density at radius 1 is 1.35 bits per heavy atom. The highest BCUT2D eigenvalue weighted by atomic mass is 16.5. The van der Waals surface area contributed by atoms with Gasteiger partial charge in [0.05, 0.1) is 12.8 Å². The summed E-state index contributed by atoms with van der Waals surface area (Å²) in [6.07, 6.45) is 9.31. The van der Waals surface area contributed by atoms with Crippen molar-refractivity contribution < 1.29 is 9.53 Å². The zero-order valence-electron chi connectivity index (χ0n) is 20.1. The number of amides is 1. The lowest BCUT2D eigenvalue weighted by molar-refractivity contribution is 0.0963. The lowest BCUT2D eigenvalue weighted by atomic mass is 10.0. The third kappa shape index (κ3) is 4.77. The summed E-state index contributed by atoms with van der Waals surface area (Å²) in [4.78, 5) is 26.2. The SMILES string of the molecule is CCC1CN(/C=N\N)c2cnc(Nc3ccc(C(=O)NC)cc3COC)nc2N1C1CCCC1. The summed E-state index contributed by atoms with van der Waals surface area (Å²) in [5.74, 6) is 6.75. The van der Waals surface area contributed by atoms with Crippen LogP contribution in [0.25, 0.3) is 0 Å². The molecule has 1 fully saturated rings. The fraction of sp³-hybridized carbons (Fsp3) is 0.500. The Balaban J connectivity index is 1.71. The third-order valence-electron chi connectivity index (χ3n) is 6.64. The molecule has 1 aliphatic heterocycles. The van der Waals surface area contributed by atoms with Crippen LogP contribution < -0.4 is 26.3 Å². The van der Waals surface area contributed by atoms with Crippen molar-refractivity contribution in [3.05, 3.63) is 35.5 Å². The number of hydrogen-bond donors (Lipinski definition) is 3. The summed E-state index contributed by atoms with van der Waals surface area (Å²) in [5, 5.41) is 9.77. The minimum absolute atomic E-state index is 0.145. The van der Waals surface area contributed by atoms with E-state index in [2.05, 4.69) is 32.5 Å². The van der Waals surface area contributed by atoms with Crippen molar-refractivity contribution in [3.8, 4) is 0 Å². The lowest BCUT2D eigenvalue weighted by Gasteiger charge is -2.44. The number of nitrogens with zero attached hydrogens (tertiary/aromatic N) is 5. The molecule has 4 rings (SSSR count). The predicted molar refractivity (Wildman–Crippen MR) is 135 cm³/mol. The minimum atomic E-state index is -0.145. The molecule has 0 spiro atoms. The van der Waals surface area contributed by atoms with Gasteiger partial charge in [0.15, 0.2) is 5.82 Å². The maximum atomic E-state index is 12.1. The Kier molecular flexibility index (Phi) is 7.46. The highest BCUT2D eigenvalue weighted by molar-refractivity contribution is 5.94. The van der Waals surface area contributed by atoms with Gasteiger partial charge in [0.25, 0.3) is 5.91 Å². The van der Waals surface area contributed by atoms with E-state index in [-0.39, 0.29) is 5.91 Å². The molecule has 1 unspecified atom stereocenters. The summed E-state index contributed by atoms with van der Waals surface area (Å²) >= 11 is 0. The van der Waals surface area contributed by atoms with Crippen LogP contribution in [0.4, 0.5) is 23.1 Å². The molecular weight excluding hydrogens is 432 g/mol. The van der Waals surface area contributed by atoms with Crippen LogP contribution in [0.2, 0.25) is 0 Å². The number of nitrogens with two attached hydrogens (primary N) is 1. The molecule has 1 atom stereocenters. The number of nitrogens with one attached hydrogen (secondary N) is 2. The van der Waals surface area contributed by atoms with E-state index in [1.54, 1.807) is 26.6 Å². The fourth-order valence-electron chi connectivity index (χ4n) is 4.97. The van der Waals surface area contributed by atoms with Crippen molar-refractivity contribution in [2.45, 2.75) is 57.7 Å². The molecule has 10 heteroatoms. The van der Waals surface area contributed by atoms with E-state index in [0.717, 1.165) is 35.7 Å². The average Bonchev–Trinajstić information content (AvgIpc) is 3.39. The molecule has 0 bridgehead atoms. The van der Waals surface area contributed by atoms with Crippen LogP contribution in [0.3, 0.4) is 0 Å². The summed E-state index contributed by atoms with van der Waals surface area (Å²) in [7, 11) is 3.24. The van der Waals surface area contributed by atoms with Crippen LogP contribution in [-0.4, -0.2) is 55.0 Å². The number of hydrogen-bond acceptors (Lipinski definition) is 8. The number of benzene rings is 1. The molecule has 1 aliphatic carbocycles. The standard InChI is InChI=1S/C24H34N8O2/c1-4-18-13-31(15-28-25)21-12-27-24(30-22(21)32(18)19-7-5-6-8-19)29-20-10-9-16(23(33)26-2)11-17(20)14-34-3/h9-12,15,18-19H,4-8,13-14,25H2,1-3H3,(H,26,33)(H,27,29,30)/b28-15-. The quantitative estimate of drug-likeness (QED) is 0.235. The average molecular weight is 467 g/mol.